The van der Waals surface area contributed by atoms with Crippen LogP contribution < -0.4 is 0 Å². The van der Waals surface area contributed by atoms with Gasteiger partial charge in [0, 0.05) is 23.0 Å². The van der Waals surface area contributed by atoms with E-state index >= 15 is 0 Å². The Balaban J connectivity index is 1.93. The lowest BCUT2D eigenvalue weighted by atomic mass is 9.90. The van der Waals surface area contributed by atoms with Crippen LogP contribution in [0.25, 0.3) is 0 Å². The molecule has 1 aromatic carbocycles. The number of hydrogen-bond donors (Lipinski definition) is 0. The van der Waals surface area contributed by atoms with Gasteiger partial charge < -0.3 is 0 Å². The van der Waals surface area contributed by atoms with Crippen LogP contribution in [0.1, 0.15) is 24.9 Å². The molecule has 1 aromatic rings. The van der Waals surface area contributed by atoms with Crippen LogP contribution in [0.2, 0.25) is 0 Å². The molecule has 17 heavy (non-hydrogen) atoms. The normalized spacial score (nSPS) is 32.0. The zero-order valence-corrected chi connectivity index (χ0v) is 11.7. The van der Waals surface area contributed by atoms with Crippen LogP contribution >= 0.6 is 15.9 Å². The van der Waals surface area contributed by atoms with Crippen molar-refractivity contribution in [3.05, 3.63) is 46.5 Å². The van der Waals surface area contributed by atoms with Crippen LogP contribution in [0.5, 0.6) is 0 Å². The van der Waals surface area contributed by atoms with E-state index in [1.807, 2.05) is 0 Å². The van der Waals surface area contributed by atoms with Crippen molar-refractivity contribution < 1.29 is 0 Å². The Bertz CT molecular complexity index is 423. The van der Waals surface area contributed by atoms with E-state index in [4.69, 9.17) is 0 Å². The van der Waals surface area contributed by atoms with E-state index in [0.717, 1.165) is 18.4 Å². The molecule has 2 aliphatic rings. The van der Waals surface area contributed by atoms with E-state index in [2.05, 4.69) is 64.2 Å². The molecule has 1 fully saturated rings. The Hall–Kier alpha value is -0.600. The lowest BCUT2D eigenvalue weighted by Crippen LogP contribution is -2.25. The summed E-state index contributed by atoms with van der Waals surface area (Å²) >= 11 is 3.52. The van der Waals surface area contributed by atoms with E-state index in [9.17, 15) is 0 Å². The average Bonchev–Trinajstić information content (AvgIpc) is 2.89. The Kier molecular flexibility index (Phi) is 3.10. The maximum Gasteiger partial charge on any atom is 0.0413 e. The fraction of sp³-hybridized carbons (Fsp3) is 0.467. The van der Waals surface area contributed by atoms with Gasteiger partial charge in [-0.15, -0.1) is 0 Å². The second kappa shape index (κ2) is 4.58. The van der Waals surface area contributed by atoms with E-state index in [1.54, 1.807) is 0 Å². The van der Waals surface area contributed by atoms with Crippen molar-refractivity contribution in [3.8, 4) is 0 Å². The van der Waals surface area contributed by atoms with Crippen molar-refractivity contribution in [3.63, 3.8) is 0 Å². The largest absolute Gasteiger partial charge is 0.296 e. The molecule has 1 nitrogen and oxygen atoms in total. The zero-order chi connectivity index (χ0) is 11.8. The SMILES string of the molecule is CCN1CC2CC=CC2C1c1ccc(Br)cc1. The summed E-state index contributed by atoms with van der Waals surface area (Å²) in [5.41, 5.74) is 1.47. The van der Waals surface area contributed by atoms with Crippen LogP contribution in [0.15, 0.2) is 40.9 Å². The molecule has 3 atom stereocenters. The molecule has 0 radical (unpaired) electrons. The number of fused-ring (bicyclic) bond motifs is 1. The van der Waals surface area contributed by atoms with Gasteiger partial charge in [-0.2, -0.15) is 0 Å². The highest BCUT2D eigenvalue weighted by Crippen LogP contribution is 2.45. The van der Waals surface area contributed by atoms with Gasteiger partial charge in [0.15, 0.2) is 0 Å². The molecule has 1 aliphatic carbocycles. The van der Waals surface area contributed by atoms with Gasteiger partial charge in [-0.25, -0.2) is 0 Å². The molecule has 0 aromatic heterocycles. The van der Waals surface area contributed by atoms with Gasteiger partial charge in [-0.3, -0.25) is 4.90 Å². The molecule has 3 unspecified atom stereocenters. The van der Waals surface area contributed by atoms with E-state index in [0.29, 0.717) is 6.04 Å². The van der Waals surface area contributed by atoms with Crippen LogP contribution in [-0.4, -0.2) is 18.0 Å². The first-order valence-corrected chi connectivity index (χ1v) is 7.25. The van der Waals surface area contributed by atoms with Crippen molar-refractivity contribution in [2.75, 3.05) is 13.1 Å². The minimum atomic E-state index is 0.594. The van der Waals surface area contributed by atoms with E-state index in [-0.39, 0.29) is 0 Å². The Morgan fingerprint density at radius 1 is 1.29 bits per heavy atom. The number of benzene rings is 1. The van der Waals surface area contributed by atoms with Crippen LogP contribution in [0.4, 0.5) is 0 Å². The summed E-state index contributed by atoms with van der Waals surface area (Å²) in [6.07, 6.45) is 6.08. The molecule has 0 saturated carbocycles. The average molecular weight is 292 g/mol. The third kappa shape index (κ3) is 1.98. The predicted molar refractivity (Wildman–Crippen MR) is 74.9 cm³/mol. The first-order valence-electron chi connectivity index (χ1n) is 6.45. The maximum absolute atomic E-state index is 3.52. The van der Waals surface area contributed by atoms with Crippen LogP contribution in [0.3, 0.4) is 0 Å². The number of rotatable bonds is 2. The summed E-state index contributed by atoms with van der Waals surface area (Å²) in [6, 6.07) is 9.46. The van der Waals surface area contributed by atoms with Gasteiger partial charge in [0.2, 0.25) is 0 Å². The number of allylic oxidation sites excluding steroid dienone is 1. The van der Waals surface area contributed by atoms with Crippen molar-refractivity contribution in [2.24, 2.45) is 11.8 Å². The van der Waals surface area contributed by atoms with Crippen molar-refractivity contribution in [1.82, 2.24) is 4.90 Å². The molecule has 0 bridgehead atoms. The summed E-state index contributed by atoms with van der Waals surface area (Å²) in [6.45, 7) is 4.69. The van der Waals surface area contributed by atoms with Crippen molar-refractivity contribution in [1.29, 1.82) is 0 Å². The summed E-state index contributed by atoms with van der Waals surface area (Å²) in [7, 11) is 0. The lowest BCUT2D eigenvalue weighted by molar-refractivity contribution is 0.253. The fourth-order valence-corrected chi connectivity index (χ4v) is 3.63. The van der Waals surface area contributed by atoms with Crippen molar-refractivity contribution >= 4 is 15.9 Å². The number of hydrogen-bond acceptors (Lipinski definition) is 1. The first-order chi connectivity index (χ1) is 8.29. The molecule has 0 N–H and O–H groups in total. The molecule has 1 saturated heterocycles. The van der Waals surface area contributed by atoms with Gasteiger partial charge in [0.1, 0.15) is 0 Å². The van der Waals surface area contributed by atoms with Gasteiger partial charge in [0.05, 0.1) is 0 Å². The molecule has 0 spiro atoms. The summed E-state index contributed by atoms with van der Waals surface area (Å²) in [5.74, 6) is 1.58. The van der Waals surface area contributed by atoms with Gasteiger partial charge in [0.25, 0.3) is 0 Å². The number of halogens is 1. The Morgan fingerprint density at radius 3 is 2.76 bits per heavy atom. The summed E-state index contributed by atoms with van der Waals surface area (Å²) < 4.78 is 1.17. The second-order valence-corrected chi connectivity index (χ2v) is 6.00. The Labute approximate surface area is 112 Å². The van der Waals surface area contributed by atoms with Gasteiger partial charge in [-0.05, 0) is 36.6 Å². The smallest absolute Gasteiger partial charge is 0.0413 e. The highest BCUT2D eigenvalue weighted by atomic mass is 79.9. The highest BCUT2D eigenvalue weighted by Gasteiger charge is 2.41. The molecular weight excluding hydrogens is 274 g/mol. The minimum absolute atomic E-state index is 0.594. The van der Waals surface area contributed by atoms with Crippen molar-refractivity contribution in [2.45, 2.75) is 19.4 Å². The molecule has 1 aliphatic heterocycles. The standard InChI is InChI=1S/C15H18BrN/c1-2-17-10-12-4-3-5-14(12)15(17)11-6-8-13(16)9-7-11/h3,5-9,12,14-15H,2,4,10H2,1H3. The topological polar surface area (TPSA) is 3.24 Å². The highest BCUT2D eigenvalue weighted by molar-refractivity contribution is 9.10. The predicted octanol–water partition coefficient (Wildman–Crippen LogP) is 4.02. The zero-order valence-electron chi connectivity index (χ0n) is 10.1. The monoisotopic (exact) mass is 291 g/mol. The second-order valence-electron chi connectivity index (χ2n) is 5.09. The van der Waals surface area contributed by atoms with Gasteiger partial charge in [-0.1, -0.05) is 47.1 Å². The van der Waals surface area contributed by atoms with Gasteiger partial charge >= 0.3 is 0 Å². The summed E-state index contributed by atoms with van der Waals surface area (Å²) in [4.78, 5) is 2.63. The maximum atomic E-state index is 3.52. The molecule has 2 heteroatoms. The third-order valence-electron chi connectivity index (χ3n) is 4.19. The fourth-order valence-electron chi connectivity index (χ4n) is 3.36. The third-order valence-corrected chi connectivity index (χ3v) is 4.71. The van der Waals surface area contributed by atoms with E-state index in [1.165, 1.54) is 23.0 Å². The van der Waals surface area contributed by atoms with E-state index < -0.39 is 0 Å². The van der Waals surface area contributed by atoms with Crippen LogP contribution in [0, 0.1) is 11.8 Å². The first kappa shape index (κ1) is 11.5. The molecule has 3 rings (SSSR count). The molecule has 1 heterocycles. The lowest BCUT2D eigenvalue weighted by Gasteiger charge is -2.26. The minimum Gasteiger partial charge on any atom is -0.296 e. The number of likely N-dealkylation sites (tertiary alicyclic amines) is 1. The summed E-state index contributed by atoms with van der Waals surface area (Å²) in [5, 5.41) is 0. The quantitative estimate of drug-likeness (QED) is 0.744. The molecular formula is C15H18BrN. The molecule has 0 amide bonds. The number of nitrogens with zero attached hydrogens (tertiary/aromatic N) is 1. The Morgan fingerprint density at radius 2 is 2.06 bits per heavy atom. The van der Waals surface area contributed by atoms with Crippen LogP contribution in [-0.2, 0) is 0 Å². The molecule has 90 valence electrons.